The van der Waals surface area contributed by atoms with Crippen LogP contribution in [0, 0.1) is 11.3 Å². The van der Waals surface area contributed by atoms with Gasteiger partial charge in [0.05, 0.1) is 29.6 Å². The molecule has 0 saturated heterocycles. The number of rotatable bonds is 7. The van der Waals surface area contributed by atoms with Gasteiger partial charge in [-0.05, 0) is 29.8 Å². The van der Waals surface area contributed by atoms with Gasteiger partial charge < -0.3 is 5.11 Å². The number of carboxylic acid groups (broad SMARTS) is 1. The molecule has 3 aromatic heterocycles. The van der Waals surface area contributed by atoms with E-state index in [1.165, 1.54) is 11.3 Å². The van der Waals surface area contributed by atoms with Crippen LogP contribution in [0.2, 0.25) is 0 Å². The number of benzene rings is 1. The van der Waals surface area contributed by atoms with Crippen molar-refractivity contribution in [3.05, 3.63) is 77.3 Å². The van der Waals surface area contributed by atoms with Gasteiger partial charge in [-0.1, -0.05) is 30.3 Å². The van der Waals surface area contributed by atoms with Crippen LogP contribution in [0.15, 0.2) is 61.1 Å². The fraction of sp³-hybridized carbons (Fsp3) is 0.0870. The maximum atomic E-state index is 11.7. The summed E-state index contributed by atoms with van der Waals surface area (Å²) in [6, 6.07) is 15.2. The van der Waals surface area contributed by atoms with Crippen LogP contribution in [-0.2, 0) is 6.54 Å². The Kier molecular flexibility index (Phi) is 5.96. The molecule has 0 saturated carbocycles. The fourth-order valence-electron chi connectivity index (χ4n) is 3.07. The zero-order valence-electron chi connectivity index (χ0n) is 16.3. The van der Waals surface area contributed by atoms with Crippen LogP contribution in [-0.4, -0.2) is 30.8 Å². The highest BCUT2D eigenvalue weighted by molar-refractivity contribution is 7.16. The second kappa shape index (κ2) is 9.15. The molecule has 8 heteroatoms. The van der Waals surface area contributed by atoms with Crippen molar-refractivity contribution in [2.24, 2.45) is 0 Å². The smallest absolute Gasteiger partial charge is 0.356 e. The van der Waals surface area contributed by atoms with Crippen LogP contribution in [0.4, 0.5) is 0 Å². The SMILES string of the molecule is N#CCCn1cc(/C=C/c2nc(C(=O)O)c(-c3ccccc3)s2)c(-c2ccncc2)n1. The van der Waals surface area contributed by atoms with E-state index < -0.39 is 5.97 Å². The summed E-state index contributed by atoms with van der Waals surface area (Å²) in [5.74, 6) is -1.06. The van der Waals surface area contributed by atoms with Crippen molar-refractivity contribution in [1.82, 2.24) is 19.7 Å². The van der Waals surface area contributed by atoms with E-state index >= 15 is 0 Å². The van der Waals surface area contributed by atoms with Crippen LogP contribution in [0.1, 0.15) is 27.5 Å². The number of pyridine rings is 1. The lowest BCUT2D eigenvalue weighted by molar-refractivity contribution is 0.0692. The lowest BCUT2D eigenvalue weighted by Gasteiger charge is -1.98. The maximum absolute atomic E-state index is 11.7. The second-order valence-corrected chi connectivity index (χ2v) is 7.61. The van der Waals surface area contributed by atoms with Crippen molar-refractivity contribution in [1.29, 1.82) is 5.26 Å². The van der Waals surface area contributed by atoms with E-state index in [0.717, 1.165) is 22.4 Å². The molecule has 0 amide bonds. The molecule has 0 radical (unpaired) electrons. The number of thiazole rings is 1. The van der Waals surface area contributed by atoms with Gasteiger partial charge in [0.15, 0.2) is 5.69 Å². The lowest BCUT2D eigenvalue weighted by Crippen LogP contribution is -1.98. The molecular formula is C23H17N5O2S. The van der Waals surface area contributed by atoms with Crippen LogP contribution >= 0.6 is 11.3 Å². The Bertz CT molecular complexity index is 1270. The predicted molar refractivity (Wildman–Crippen MR) is 119 cm³/mol. The number of aromatic nitrogens is 4. The molecule has 0 fully saturated rings. The monoisotopic (exact) mass is 427 g/mol. The van der Waals surface area contributed by atoms with Crippen molar-refractivity contribution in [3.8, 4) is 27.8 Å². The number of carbonyl (C=O) groups is 1. The standard InChI is InChI=1S/C23H17N5O2S/c24-11-4-14-28-15-18(20(27-28)16-9-12-25-13-10-16)7-8-19-26-21(23(29)30)22(31-19)17-5-2-1-3-6-17/h1-3,5-10,12-13,15H,4,14H2,(H,29,30)/b8-7+. The normalized spacial score (nSPS) is 10.9. The van der Waals surface area contributed by atoms with E-state index in [-0.39, 0.29) is 5.69 Å². The summed E-state index contributed by atoms with van der Waals surface area (Å²) in [6.45, 7) is 0.487. The Morgan fingerprint density at radius 2 is 1.90 bits per heavy atom. The number of hydrogen-bond donors (Lipinski definition) is 1. The highest BCUT2D eigenvalue weighted by Gasteiger charge is 2.18. The molecule has 0 spiro atoms. The number of carboxylic acids is 1. The minimum absolute atomic E-state index is 0.0370. The van der Waals surface area contributed by atoms with Crippen molar-refractivity contribution in [3.63, 3.8) is 0 Å². The summed E-state index contributed by atoms with van der Waals surface area (Å²) in [4.78, 5) is 20.7. The molecule has 0 aliphatic rings. The van der Waals surface area contributed by atoms with Gasteiger partial charge in [-0.25, -0.2) is 9.78 Å². The Balaban J connectivity index is 1.71. The van der Waals surface area contributed by atoms with E-state index in [1.807, 2.05) is 54.7 Å². The van der Waals surface area contributed by atoms with Gasteiger partial charge in [0.25, 0.3) is 0 Å². The molecule has 152 valence electrons. The first kappa shape index (κ1) is 20.2. The third-order valence-electron chi connectivity index (χ3n) is 4.48. The van der Waals surface area contributed by atoms with Gasteiger partial charge in [0, 0.05) is 29.7 Å². The summed E-state index contributed by atoms with van der Waals surface area (Å²) in [7, 11) is 0. The van der Waals surface area contributed by atoms with Crippen LogP contribution < -0.4 is 0 Å². The summed E-state index contributed by atoms with van der Waals surface area (Å²) >= 11 is 1.32. The van der Waals surface area contributed by atoms with E-state index in [2.05, 4.69) is 21.1 Å². The third-order valence-corrected chi connectivity index (χ3v) is 5.55. The topological polar surface area (TPSA) is 105 Å². The summed E-state index contributed by atoms with van der Waals surface area (Å²) in [6.07, 6.45) is 9.28. The van der Waals surface area contributed by atoms with E-state index in [1.54, 1.807) is 23.2 Å². The lowest BCUT2D eigenvalue weighted by atomic mass is 10.1. The van der Waals surface area contributed by atoms with Crippen LogP contribution in [0.5, 0.6) is 0 Å². The van der Waals surface area contributed by atoms with E-state index in [0.29, 0.717) is 22.9 Å². The van der Waals surface area contributed by atoms with Gasteiger partial charge in [-0.15, -0.1) is 11.3 Å². The molecule has 31 heavy (non-hydrogen) atoms. The maximum Gasteiger partial charge on any atom is 0.356 e. The summed E-state index contributed by atoms with van der Waals surface area (Å²) < 4.78 is 1.73. The highest BCUT2D eigenvalue weighted by atomic mass is 32.1. The zero-order chi connectivity index (χ0) is 21.6. The minimum Gasteiger partial charge on any atom is -0.476 e. The Labute approximate surface area is 182 Å². The van der Waals surface area contributed by atoms with E-state index in [4.69, 9.17) is 5.26 Å². The van der Waals surface area contributed by atoms with Crippen molar-refractivity contribution in [2.45, 2.75) is 13.0 Å². The molecule has 0 unspecified atom stereocenters. The number of hydrogen-bond acceptors (Lipinski definition) is 6. The predicted octanol–water partition coefficient (Wildman–Crippen LogP) is 4.85. The van der Waals surface area contributed by atoms with Gasteiger partial charge >= 0.3 is 5.97 Å². The quantitative estimate of drug-likeness (QED) is 0.452. The molecule has 0 aliphatic carbocycles. The first-order valence-electron chi connectivity index (χ1n) is 9.48. The Morgan fingerprint density at radius 3 is 2.61 bits per heavy atom. The van der Waals surface area contributed by atoms with Gasteiger partial charge in [-0.2, -0.15) is 10.4 Å². The minimum atomic E-state index is -1.06. The first-order valence-corrected chi connectivity index (χ1v) is 10.3. The van der Waals surface area contributed by atoms with Crippen LogP contribution in [0.25, 0.3) is 33.9 Å². The molecule has 4 aromatic rings. The molecule has 0 bridgehead atoms. The Hall–Kier alpha value is -4.09. The van der Waals surface area contributed by atoms with Crippen LogP contribution in [0.3, 0.4) is 0 Å². The van der Waals surface area contributed by atoms with Gasteiger partial charge in [0.1, 0.15) is 5.01 Å². The van der Waals surface area contributed by atoms with Gasteiger partial charge in [0.2, 0.25) is 0 Å². The molecule has 1 N–H and O–H groups in total. The number of aryl methyl sites for hydroxylation is 1. The van der Waals surface area contributed by atoms with Crippen molar-refractivity contribution in [2.75, 3.05) is 0 Å². The molecule has 1 aromatic carbocycles. The molecular weight excluding hydrogens is 410 g/mol. The largest absolute Gasteiger partial charge is 0.476 e. The van der Waals surface area contributed by atoms with Gasteiger partial charge in [-0.3, -0.25) is 9.67 Å². The molecule has 4 rings (SSSR count). The second-order valence-electron chi connectivity index (χ2n) is 6.57. The average Bonchev–Trinajstić information content (AvgIpc) is 3.42. The summed E-state index contributed by atoms with van der Waals surface area (Å²) in [5, 5.41) is 23.6. The molecule has 0 aliphatic heterocycles. The Morgan fingerprint density at radius 1 is 1.13 bits per heavy atom. The highest BCUT2D eigenvalue weighted by Crippen LogP contribution is 2.32. The molecule has 0 atom stereocenters. The summed E-state index contributed by atoms with van der Waals surface area (Å²) in [5.41, 5.74) is 3.36. The van der Waals surface area contributed by atoms with Crippen molar-refractivity contribution >= 4 is 29.5 Å². The molecule has 3 heterocycles. The first-order chi connectivity index (χ1) is 15.2. The zero-order valence-corrected chi connectivity index (χ0v) is 17.2. The third kappa shape index (κ3) is 4.57. The number of nitrogens with zero attached hydrogens (tertiary/aromatic N) is 5. The fourth-order valence-corrected chi connectivity index (χ4v) is 4.04. The number of aromatic carboxylic acids is 1. The van der Waals surface area contributed by atoms with Crippen molar-refractivity contribution < 1.29 is 9.90 Å². The molecule has 7 nitrogen and oxygen atoms in total. The average molecular weight is 427 g/mol. The number of nitriles is 1. The van der Waals surface area contributed by atoms with E-state index in [9.17, 15) is 9.90 Å².